The average molecular weight is 237 g/mol. The highest BCUT2D eigenvalue weighted by molar-refractivity contribution is 5.43. The minimum Gasteiger partial charge on any atom is -0.396 e. The number of hydrazine groups is 1. The van der Waals surface area contributed by atoms with Gasteiger partial charge in [0.05, 0.1) is 12.4 Å². The molecule has 1 aliphatic rings. The minimum absolute atomic E-state index is 0.259. The Hall–Kier alpha value is -1.40. The van der Waals surface area contributed by atoms with Gasteiger partial charge in [-0.3, -0.25) is 4.98 Å². The van der Waals surface area contributed by atoms with E-state index >= 15 is 0 Å². The summed E-state index contributed by atoms with van der Waals surface area (Å²) in [6.45, 7) is 2.18. The lowest BCUT2D eigenvalue weighted by molar-refractivity contribution is 0.244. The van der Waals surface area contributed by atoms with Gasteiger partial charge in [-0.2, -0.15) is 0 Å². The monoisotopic (exact) mass is 237 g/mol. The van der Waals surface area contributed by atoms with Crippen molar-refractivity contribution in [2.45, 2.75) is 19.3 Å². The Labute approximate surface area is 101 Å². The van der Waals surface area contributed by atoms with E-state index in [9.17, 15) is 0 Å². The standard InChI is InChI=1S/C11H19N5O/c12-15-10-6-13-7-11(14-10)16-4-1-2-9(8-16)3-5-17/h6-7,9,17H,1-5,8,12H2,(H,14,15). The summed E-state index contributed by atoms with van der Waals surface area (Å²) < 4.78 is 0. The van der Waals surface area contributed by atoms with Crippen molar-refractivity contribution in [3.05, 3.63) is 12.4 Å². The van der Waals surface area contributed by atoms with Crippen LogP contribution in [0.15, 0.2) is 12.4 Å². The molecule has 6 heteroatoms. The topological polar surface area (TPSA) is 87.3 Å². The normalized spacial score (nSPS) is 20.4. The third-order valence-corrected chi connectivity index (χ3v) is 3.15. The summed E-state index contributed by atoms with van der Waals surface area (Å²) >= 11 is 0. The van der Waals surface area contributed by atoms with Gasteiger partial charge in [0.15, 0.2) is 5.82 Å². The maximum Gasteiger partial charge on any atom is 0.160 e. The van der Waals surface area contributed by atoms with Crippen molar-refractivity contribution in [1.29, 1.82) is 0 Å². The lowest BCUT2D eigenvalue weighted by Gasteiger charge is -2.33. The zero-order chi connectivity index (χ0) is 12.1. The number of nitrogen functional groups attached to an aromatic ring is 1. The van der Waals surface area contributed by atoms with E-state index in [0.29, 0.717) is 11.7 Å². The van der Waals surface area contributed by atoms with Gasteiger partial charge >= 0.3 is 0 Å². The predicted octanol–water partition coefficient (Wildman–Crippen LogP) is 0.361. The summed E-state index contributed by atoms with van der Waals surface area (Å²) in [5.41, 5.74) is 2.50. The molecule has 4 N–H and O–H groups in total. The summed E-state index contributed by atoms with van der Waals surface area (Å²) in [4.78, 5) is 10.7. The van der Waals surface area contributed by atoms with E-state index in [2.05, 4.69) is 20.3 Å². The van der Waals surface area contributed by atoms with Crippen molar-refractivity contribution in [2.75, 3.05) is 30.0 Å². The molecule has 0 aromatic carbocycles. The van der Waals surface area contributed by atoms with Crippen molar-refractivity contribution in [2.24, 2.45) is 11.8 Å². The predicted molar refractivity (Wildman–Crippen MR) is 66.5 cm³/mol. The first kappa shape index (κ1) is 12.1. The van der Waals surface area contributed by atoms with E-state index in [-0.39, 0.29) is 6.61 Å². The Morgan fingerprint density at radius 1 is 1.53 bits per heavy atom. The molecule has 94 valence electrons. The molecule has 0 radical (unpaired) electrons. The van der Waals surface area contributed by atoms with Gasteiger partial charge < -0.3 is 15.4 Å². The van der Waals surface area contributed by atoms with Crippen LogP contribution < -0.4 is 16.2 Å². The zero-order valence-corrected chi connectivity index (χ0v) is 9.84. The van der Waals surface area contributed by atoms with Gasteiger partial charge in [0.2, 0.25) is 0 Å². The number of rotatable bonds is 4. The molecule has 1 atom stereocenters. The van der Waals surface area contributed by atoms with Crippen molar-refractivity contribution >= 4 is 11.6 Å². The molecule has 1 aliphatic heterocycles. The molecule has 0 bridgehead atoms. The highest BCUT2D eigenvalue weighted by atomic mass is 16.3. The Bertz CT molecular complexity index is 357. The van der Waals surface area contributed by atoms with E-state index in [1.54, 1.807) is 12.4 Å². The van der Waals surface area contributed by atoms with Crippen LogP contribution in [0.1, 0.15) is 19.3 Å². The number of hydrogen-bond donors (Lipinski definition) is 3. The van der Waals surface area contributed by atoms with Crippen LogP contribution in [0.2, 0.25) is 0 Å². The Kier molecular flexibility index (Phi) is 4.11. The fourth-order valence-corrected chi connectivity index (χ4v) is 2.27. The molecule has 0 saturated carbocycles. The molecule has 17 heavy (non-hydrogen) atoms. The van der Waals surface area contributed by atoms with Crippen LogP contribution in [0.3, 0.4) is 0 Å². The van der Waals surface area contributed by atoms with Crippen LogP contribution in [0.25, 0.3) is 0 Å². The average Bonchev–Trinajstić information content (AvgIpc) is 2.40. The molecule has 2 rings (SSSR count). The largest absolute Gasteiger partial charge is 0.396 e. The second-order valence-electron chi connectivity index (χ2n) is 4.37. The number of aliphatic hydroxyl groups is 1. The maximum atomic E-state index is 8.98. The number of hydrogen-bond acceptors (Lipinski definition) is 6. The molecule has 0 spiro atoms. The second kappa shape index (κ2) is 5.79. The quantitative estimate of drug-likeness (QED) is 0.518. The van der Waals surface area contributed by atoms with Crippen LogP contribution in [0.4, 0.5) is 11.6 Å². The number of aromatic nitrogens is 2. The van der Waals surface area contributed by atoms with Crippen molar-refractivity contribution < 1.29 is 5.11 Å². The first-order valence-electron chi connectivity index (χ1n) is 5.98. The number of nitrogens with two attached hydrogens (primary N) is 1. The van der Waals surface area contributed by atoms with Crippen LogP contribution >= 0.6 is 0 Å². The smallest absolute Gasteiger partial charge is 0.160 e. The van der Waals surface area contributed by atoms with Crippen molar-refractivity contribution in [3.63, 3.8) is 0 Å². The summed E-state index contributed by atoms with van der Waals surface area (Å²) in [6, 6.07) is 0. The van der Waals surface area contributed by atoms with Gasteiger partial charge in [0.25, 0.3) is 0 Å². The summed E-state index contributed by atoms with van der Waals surface area (Å²) in [6.07, 6.45) is 6.52. The molecule has 6 nitrogen and oxygen atoms in total. The summed E-state index contributed by atoms with van der Waals surface area (Å²) in [7, 11) is 0. The van der Waals surface area contributed by atoms with Gasteiger partial charge in [-0.05, 0) is 25.2 Å². The van der Waals surface area contributed by atoms with E-state index in [0.717, 1.165) is 31.7 Å². The van der Waals surface area contributed by atoms with E-state index < -0.39 is 0 Å². The first-order valence-corrected chi connectivity index (χ1v) is 5.98. The van der Waals surface area contributed by atoms with Crippen molar-refractivity contribution in [1.82, 2.24) is 9.97 Å². The van der Waals surface area contributed by atoms with E-state index in [4.69, 9.17) is 10.9 Å². The number of nitrogens with zero attached hydrogens (tertiary/aromatic N) is 3. The summed E-state index contributed by atoms with van der Waals surface area (Å²) in [5, 5.41) is 8.98. The van der Waals surface area contributed by atoms with Gasteiger partial charge in [-0.25, -0.2) is 10.8 Å². The molecule has 2 heterocycles. The first-order chi connectivity index (χ1) is 8.33. The molecule has 0 amide bonds. The summed E-state index contributed by atoms with van der Waals surface area (Å²) in [5.74, 6) is 7.29. The molecule has 0 aliphatic carbocycles. The van der Waals surface area contributed by atoms with Gasteiger partial charge in [0.1, 0.15) is 5.82 Å². The van der Waals surface area contributed by atoms with Crippen LogP contribution in [0, 0.1) is 5.92 Å². The number of anilines is 2. The van der Waals surface area contributed by atoms with Gasteiger partial charge in [-0.15, -0.1) is 0 Å². The lowest BCUT2D eigenvalue weighted by atomic mass is 9.95. The molecule has 1 saturated heterocycles. The zero-order valence-electron chi connectivity index (χ0n) is 9.84. The van der Waals surface area contributed by atoms with Crippen LogP contribution in [-0.4, -0.2) is 34.8 Å². The van der Waals surface area contributed by atoms with Crippen molar-refractivity contribution in [3.8, 4) is 0 Å². The molecule has 1 fully saturated rings. The Balaban J connectivity index is 2.05. The lowest BCUT2D eigenvalue weighted by Crippen LogP contribution is -2.36. The third-order valence-electron chi connectivity index (χ3n) is 3.15. The highest BCUT2D eigenvalue weighted by Gasteiger charge is 2.20. The van der Waals surface area contributed by atoms with E-state index in [1.165, 1.54) is 6.42 Å². The Morgan fingerprint density at radius 2 is 2.41 bits per heavy atom. The number of nitrogens with one attached hydrogen (secondary N) is 1. The molecule has 1 aromatic rings. The number of piperidine rings is 1. The van der Waals surface area contributed by atoms with Gasteiger partial charge in [0, 0.05) is 19.7 Å². The molecular weight excluding hydrogens is 218 g/mol. The highest BCUT2D eigenvalue weighted by Crippen LogP contribution is 2.23. The maximum absolute atomic E-state index is 8.98. The fraction of sp³-hybridized carbons (Fsp3) is 0.636. The van der Waals surface area contributed by atoms with Crippen LogP contribution in [-0.2, 0) is 0 Å². The molecule has 1 aromatic heterocycles. The minimum atomic E-state index is 0.259. The van der Waals surface area contributed by atoms with Crippen LogP contribution in [0.5, 0.6) is 0 Å². The third kappa shape index (κ3) is 3.04. The number of aliphatic hydroxyl groups excluding tert-OH is 1. The Morgan fingerprint density at radius 3 is 3.18 bits per heavy atom. The molecular formula is C11H19N5O. The SMILES string of the molecule is NNc1cncc(N2CCCC(CCO)C2)n1. The fourth-order valence-electron chi connectivity index (χ4n) is 2.27. The molecule has 1 unspecified atom stereocenters. The van der Waals surface area contributed by atoms with E-state index in [1.807, 2.05) is 0 Å². The second-order valence-corrected chi connectivity index (χ2v) is 4.37. The van der Waals surface area contributed by atoms with Gasteiger partial charge in [-0.1, -0.05) is 0 Å².